The van der Waals surface area contributed by atoms with Crippen LogP contribution in [0.4, 0.5) is 0 Å². The zero-order chi connectivity index (χ0) is 11.7. The van der Waals surface area contributed by atoms with E-state index in [2.05, 4.69) is 27.7 Å². The Balaban J connectivity index is 2.50. The number of furan rings is 2. The van der Waals surface area contributed by atoms with E-state index in [1.165, 1.54) is 11.1 Å². The largest absolute Gasteiger partial charge is 0.461 e. The molecule has 16 heavy (non-hydrogen) atoms. The van der Waals surface area contributed by atoms with Crippen molar-refractivity contribution in [2.24, 2.45) is 0 Å². The highest BCUT2D eigenvalue weighted by atomic mass is 16.4. The lowest BCUT2D eigenvalue weighted by Crippen LogP contribution is -1.91. The molecule has 0 aliphatic carbocycles. The normalized spacial score (nSPS) is 11.6. The molecule has 0 aliphatic rings. The minimum atomic E-state index is 0.443. The predicted molar refractivity (Wildman–Crippen MR) is 64.6 cm³/mol. The van der Waals surface area contributed by atoms with Crippen molar-refractivity contribution in [1.29, 1.82) is 0 Å². The van der Waals surface area contributed by atoms with Crippen LogP contribution in [0.2, 0.25) is 0 Å². The van der Waals surface area contributed by atoms with Gasteiger partial charge in [-0.3, -0.25) is 0 Å². The molecule has 0 saturated heterocycles. The average Bonchev–Trinajstić information content (AvgIpc) is 2.85. The molecule has 2 nitrogen and oxygen atoms in total. The average molecular weight is 218 g/mol. The van der Waals surface area contributed by atoms with Crippen molar-refractivity contribution in [3.8, 4) is 11.5 Å². The zero-order valence-electron chi connectivity index (χ0n) is 10.3. The lowest BCUT2D eigenvalue weighted by atomic mass is 9.98. The Hall–Kier alpha value is -1.44. The van der Waals surface area contributed by atoms with E-state index in [0.717, 1.165) is 11.5 Å². The van der Waals surface area contributed by atoms with E-state index < -0.39 is 0 Å². The maximum atomic E-state index is 5.57. The molecule has 2 rings (SSSR count). The van der Waals surface area contributed by atoms with Crippen molar-refractivity contribution in [2.75, 3.05) is 0 Å². The molecule has 0 spiro atoms. The first-order chi connectivity index (χ1) is 7.61. The molecule has 0 unspecified atom stereocenters. The van der Waals surface area contributed by atoms with Gasteiger partial charge in [-0.15, -0.1) is 0 Å². The van der Waals surface area contributed by atoms with E-state index >= 15 is 0 Å². The van der Waals surface area contributed by atoms with Crippen molar-refractivity contribution < 1.29 is 8.83 Å². The maximum Gasteiger partial charge on any atom is 0.172 e. The molecular formula is C14H18O2. The third-order valence-corrected chi connectivity index (χ3v) is 2.84. The molecule has 2 heterocycles. The van der Waals surface area contributed by atoms with Gasteiger partial charge in [-0.1, -0.05) is 27.7 Å². The van der Waals surface area contributed by atoms with Crippen LogP contribution in [0, 0.1) is 0 Å². The van der Waals surface area contributed by atoms with Gasteiger partial charge in [-0.2, -0.15) is 0 Å². The number of rotatable bonds is 3. The molecule has 0 bridgehead atoms. The summed E-state index contributed by atoms with van der Waals surface area (Å²) in [7, 11) is 0. The van der Waals surface area contributed by atoms with Crippen LogP contribution >= 0.6 is 0 Å². The Morgan fingerprint density at radius 3 is 1.44 bits per heavy atom. The Kier molecular flexibility index (Phi) is 2.90. The Morgan fingerprint density at radius 2 is 1.12 bits per heavy atom. The van der Waals surface area contributed by atoms with Gasteiger partial charge in [0.05, 0.1) is 12.5 Å². The first kappa shape index (κ1) is 11.1. The predicted octanol–water partition coefficient (Wildman–Crippen LogP) is 4.79. The molecule has 0 atom stereocenters. The summed E-state index contributed by atoms with van der Waals surface area (Å²) in [5, 5.41) is 0. The SMILES string of the molecule is CC(C)c1ccoc1-c1occc1C(C)C. The third-order valence-electron chi connectivity index (χ3n) is 2.84. The second-order valence-electron chi connectivity index (χ2n) is 4.72. The molecule has 0 aromatic carbocycles. The van der Waals surface area contributed by atoms with Gasteiger partial charge in [-0.25, -0.2) is 0 Å². The Morgan fingerprint density at radius 1 is 0.750 bits per heavy atom. The fourth-order valence-electron chi connectivity index (χ4n) is 1.92. The first-order valence-corrected chi connectivity index (χ1v) is 5.76. The first-order valence-electron chi connectivity index (χ1n) is 5.76. The summed E-state index contributed by atoms with van der Waals surface area (Å²) in [5.74, 6) is 2.64. The van der Waals surface area contributed by atoms with Crippen LogP contribution < -0.4 is 0 Å². The summed E-state index contributed by atoms with van der Waals surface area (Å²) in [6, 6.07) is 4.04. The molecule has 2 aromatic rings. The van der Waals surface area contributed by atoms with Gasteiger partial charge >= 0.3 is 0 Å². The van der Waals surface area contributed by atoms with E-state index in [1.807, 2.05) is 12.1 Å². The molecular weight excluding hydrogens is 200 g/mol. The van der Waals surface area contributed by atoms with E-state index in [1.54, 1.807) is 12.5 Å². The monoisotopic (exact) mass is 218 g/mol. The topological polar surface area (TPSA) is 26.3 Å². The molecule has 86 valence electrons. The van der Waals surface area contributed by atoms with Crippen LogP contribution in [0.1, 0.15) is 50.7 Å². The molecule has 0 fully saturated rings. The van der Waals surface area contributed by atoms with Crippen LogP contribution in [-0.4, -0.2) is 0 Å². The summed E-state index contributed by atoms with van der Waals surface area (Å²) in [5.41, 5.74) is 2.41. The van der Waals surface area contributed by atoms with Crippen molar-refractivity contribution in [1.82, 2.24) is 0 Å². The molecule has 0 aliphatic heterocycles. The van der Waals surface area contributed by atoms with Crippen LogP contribution in [0.3, 0.4) is 0 Å². The highest BCUT2D eigenvalue weighted by Gasteiger charge is 2.19. The van der Waals surface area contributed by atoms with E-state index in [-0.39, 0.29) is 0 Å². The van der Waals surface area contributed by atoms with Gasteiger partial charge in [0.1, 0.15) is 0 Å². The molecule has 0 N–H and O–H groups in total. The molecule has 0 radical (unpaired) electrons. The minimum absolute atomic E-state index is 0.443. The fraction of sp³-hybridized carbons (Fsp3) is 0.429. The zero-order valence-corrected chi connectivity index (χ0v) is 10.3. The fourth-order valence-corrected chi connectivity index (χ4v) is 1.92. The van der Waals surface area contributed by atoms with E-state index in [4.69, 9.17) is 8.83 Å². The third kappa shape index (κ3) is 1.80. The van der Waals surface area contributed by atoms with Gasteiger partial charge in [0.2, 0.25) is 0 Å². The summed E-state index contributed by atoms with van der Waals surface area (Å²) >= 11 is 0. The van der Waals surface area contributed by atoms with Gasteiger partial charge in [0, 0.05) is 11.1 Å². The molecule has 2 aromatic heterocycles. The Labute approximate surface area is 96.3 Å². The van der Waals surface area contributed by atoms with Crippen LogP contribution in [-0.2, 0) is 0 Å². The number of hydrogen-bond donors (Lipinski definition) is 0. The highest BCUT2D eigenvalue weighted by molar-refractivity contribution is 5.60. The second kappa shape index (κ2) is 4.20. The summed E-state index contributed by atoms with van der Waals surface area (Å²) in [6.07, 6.45) is 3.47. The van der Waals surface area contributed by atoms with Gasteiger partial charge < -0.3 is 8.83 Å². The Bertz CT molecular complexity index is 416. The smallest absolute Gasteiger partial charge is 0.172 e. The minimum Gasteiger partial charge on any atom is -0.461 e. The van der Waals surface area contributed by atoms with Crippen LogP contribution in [0.25, 0.3) is 11.5 Å². The summed E-state index contributed by atoms with van der Waals surface area (Å²) in [6.45, 7) is 8.64. The van der Waals surface area contributed by atoms with Crippen molar-refractivity contribution in [3.05, 3.63) is 35.8 Å². The van der Waals surface area contributed by atoms with Gasteiger partial charge in [0.15, 0.2) is 11.5 Å². The van der Waals surface area contributed by atoms with Crippen molar-refractivity contribution in [3.63, 3.8) is 0 Å². The molecule has 2 heteroatoms. The van der Waals surface area contributed by atoms with Gasteiger partial charge in [-0.05, 0) is 24.0 Å². The van der Waals surface area contributed by atoms with Crippen molar-refractivity contribution in [2.45, 2.75) is 39.5 Å². The molecule has 0 saturated carbocycles. The maximum absolute atomic E-state index is 5.57. The van der Waals surface area contributed by atoms with Crippen molar-refractivity contribution >= 4 is 0 Å². The van der Waals surface area contributed by atoms with Crippen LogP contribution in [0.5, 0.6) is 0 Å². The lowest BCUT2D eigenvalue weighted by molar-refractivity contribution is 0.517. The number of hydrogen-bond acceptors (Lipinski definition) is 2. The van der Waals surface area contributed by atoms with Crippen LogP contribution in [0.15, 0.2) is 33.5 Å². The molecule has 0 amide bonds. The van der Waals surface area contributed by atoms with E-state index in [0.29, 0.717) is 11.8 Å². The second-order valence-corrected chi connectivity index (χ2v) is 4.72. The summed E-state index contributed by atoms with van der Waals surface area (Å²) in [4.78, 5) is 0. The van der Waals surface area contributed by atoms with E-state index in [9.17, 15) is 0 Å². The van der Waals surface area contributed by atoms with Gasteiger partial charge in [0.25, 0.3) is 0 Å². The highest BCUT2D eigenvalue weighted by Crippen LogP contribution is 2.35. The standard InChI is InChI=1S/C14H18O2/c1-9(2)11-5-7-15-13(11)14-12(10(3)4)6-8-16-14/h5-10H,1-4H3. The lowest BCUT2D eigenvalue weighted by Gasteiger charge is -2.07. The summed E-state index contributed by atoms with van der Waals surface area (Å²) < 4.78 is 11.1. The quantitative estimate of drug-likeness (QED) is 0.740.